The molecule has 0 atom stereocenters. The van der Waals surface area contributed by atoms with Crippen LogP contribution < -0.4 is 10.1 Å². The van der Waals surface area contributed by atoms with Gasteiger partial charge in [0, 0.05) is 25.4 Å². The molecule has 0 amide bonds. The first kappa shape index (κ1) is 15.1. The number of nitrogens with one attached hydrogen (secondary N) is 1. The van der Waals surface area contributed by atoms with Crippen LogP contribution in [-0.4, -0.2) is 25.4 Å². The SMILES string of the molecule is COCCOc1ccc(NCc2cc(O)cc(F)c2)cc1. The minimum atomic E-state index is -0.450. The summed E-state index contributed by atoms with van der Waals surface area (Å²) in [7, 11) is 1.63. The van der Waals surface area contributed by atoms with Crippen LogP contribution in [0.3, 0.4) is 0 Å². The molecule has 0 unspecified atom stereocenters. The maximum Gasteiger partial charge on any atom is 0.127 e. The van der Waals surface area contributed by atoms with Crippen molar-refractivity contribution in [3.63, 3.8) is 0 Å². The van der Waals surface area contributed by atoms with Gasteiger partial charge in [0.05, 0.1) is 6.61 Å². The van der Waals surface area contributed by atoms with E-state index in [1.54, 1.807) is 7.11 Å². The molecule has 5 heteroatoms. The van der Waals surface area contributed by atoms with Crippen LogP contribution in [0.15, 0.2) is 42.5 Å². The Hall–Kier alpha value is -2.27. The molecule has 0 aromatic heterocycles. The van der Waals surface area contributed by atoms with E-state index in [-0.39, 0.29) is 5.75 Å². The zero-order valence-electron chi connectivity index (χ0n) is 11.8. The Morgan fingerprint density at radius 2 is 1.86 bits per heavy atom. The van der Waals surface area contributed by atoms with Crippen molar-refractivity contribution in [1.82, 2.24) is 0 Å². The fraction of sp³-hybridized carbons (Fsp3) is 0.250. The van der Waals surface area contributed by atoms with Gasteiger partial charge in [0.2, 0.25) is 0 Å². The van der Waals surface area contributed by atoms with Crippen molar-refractivity contribution >= 4 is 5.69 Å². The van der Waals surface area contributed by atoms with Gasteiger partial charge in [-0.2, -0.15) is 0 Å². The Labute approximate surface area is 123 Å². The summed E-state index contributed by atoms with van der Waals surface area (Å²) in [5, 5.41) is 12.5. The quantitative estimate of drug-likeness (QED) is 0.769. The Balaban J connectivity index is 1.88. The van der Waals surface area contributed by atoms with Gasteiger partial charge in [-0.05, 0) is 42.0 Å². The summed E-state index contributed by atoms with van der Waals surface area (Å²) < 4.78 is 23.5. The summed E-state index contributed by atoms with van der Waals surface area (Å²) in [6.45, 7) is 1.48. The average molecular weight is 291 g/mol. The lowest BCUT2D eigenvalue weighted by molar-refractivity contribution is 0.146. The van der Waals surface area contributed by atoms with Crippen LogP contribution in [0.5, 0.6) is 11.5 Å². The van der Waals surface area contributed by atoms with Gasteiger partial charge < -0.3 is 19.9 Å². The predicted octanol–water partition coefficient (Wildman–Crippen LogP) is 3.17. The number of phenolic OH excluding ortho intramolecular Hbond substituents is 1. The topological polar surface area (TPSA) is 50.7 Å². The first-order valence-electron chi connectivity index (χ1n) is 6.61. The summed E-state index contributed by atoms with van der Waals surface area (Å²) >= 11 is 0. The molecule has 0 fully saturated rings. The number of ether oxygens (including phenoxy) is 2. The number of hydrogen-bond acceptors (Lipinski definition) is 4. The lowest BCUT2D eigenvalue weighted by Crippen LogP contribution is -2.04. The van der Waals surface area contributed by atoms with Crippen molar-refractivity contribution in [2.24, 2.45) is 0 Å². The Morgan fingerprint density at radius 3 is 2.52 bits per heavy atom. The molecule has 0 aliphatic heterocycles. The Morgan fingerprint density at radius 1 is 1.10 bits per heavy atom. The molecule has 21 heavy (non-hydrogen) atoms. The lowest BCUT2D eigenvalue weighted by atomic mass is 10.2. The average Bonchev–Trinajstić information content (AvgIpc) is 2.46. The minimum Gasteiger partial charge on any atom is -0.508 e. The molecule has 0 aliphatic carbocycles. The normalized spacial score (nSPS) is 10.4. The van der Waals surface area contributed by atoms with E-state index in [9.17, 15) is 9.50 Å². The molecule has 112 valence electrons. The van der Waals surface area contributed by atoms with Crippen molar-refractivity contribution in [2.45, 2.75) is 6.54 Å². The van der Waals surface area contributed by atoms with Gasteiger partial charge in [-0.3, -0.25) is 0 Å². The van der Waals surface area contributed by atoms with E-state index in [1.165, 1.54) is 12.1 Å². The highest BCUT2D eigenvalue weighted by atomic mass is 19.1. The number of rotatable bonds is 7. The first-order chi connectivity index (χ1) is 10.2. The molecule has 0 bridgehead atoms. The number of phenols is 1. The maximum absolute atomic E-state index is 13.1. The molecule has 0 radical (unpaired) electrons. The third kappa shape index (κ3) is 4.96. The van der Waals surface area contributed by atoms with Crippen molar-refractivity contribution in [2.75, 3.05) is 25.6 Å². The number of halogens is 1. The van der Waals surface area contributed by atoms with Crippen LogP contribution in [-0.2, 0) is 11.3 Å². The second-order valence-electron chi connectivity index (χ2n) is 4.54. The zero-order valence-corrected chi connectivity index (χ0v) is 11.8. The first-order valence-corrected chi connectivity index (χ1v) is 6.61. The van der Waals surface area contributed by atoms with Crippen LogP contribution in [0.2, 0.25) is 0 Å². The largest absolute Gasteiger partial charge is 0.508 e. The summed E-state index contributed by atoms with van der Waals surface area (Å²) in [6.07, 6.45) is 0. The Kier molecular flexibility index (Phi) is 5.40. The second-order valence-corrected chi connectivity index (χ2v) is 4.54. The van der Waals surface area contributed by atoms with Gasteiger partial charge in [0.15, 0.2) is 0 Å². The molecule has 2 aromatic rings. The summed E-state index contributed by atoms with van der Waals surface area (Å²) in [6, 6.07) is 11.4. The number of anilines is 1. The smallest absolute Gasteiger partial charge is 0.127 e. The number of hydrogen-bond donors (Lipinski definition) is 2. The molecule has 0 heterocycles. The van der Waals surface area contributed by atoms with E-state index >= 15 is 0 Å². The highest BCUT2D eigenvalue weighted by Crippen LogP contribution is 2.18. The highest BCUT2D eigenvalue weighted by molar-refractivity contribution is 5.47. The number of benzene rings is 2. The number of methoxy groups -OCH3 is 1. The molecule has 4 nitrogen and oxygen atoms in total. The monoisotopic (exact) mass is 291 g/mol. The molecule has 0 saturated heterocycles. The third-order valence-electron chi connectivity index (χ3n) is 2.85. The zero-order chi connectivity index (χ0) is 15.1. The van der Waals surface area contributed by atoms with Crippen LogP contribution in [0.4, 0.5) is 10.1 Å². The van der Waals surface area contributed by atoms with Gasteiger partial charge in [0.1, 0.15) is 23.9 Å². The molecular weight excluding hydrogens is 273 g/mol. The van der Waals surface area contributed by atoms with E-state index in [4.69, 9.17) is 9.47 Å². The maximum atomic E-state index is 13.1. The molecular formula is C16H18FNO3. The van der Waals surface area contributed by atoms with Crippen LogP contribution in [0.25, 0.3) is 0 Å². The van der Waals surface area contributed by atoms with E-state index in [0.29, 0.717) is 25.3 Å². The molecule has 0 aliphatic rings. The highest BCUT2D eigenvalue weighted by Gasteiger charge is 2.00. The van der Waals surface area contributed by atoms with E-state index in [1.807, 2.05) is 24.3 Å². The molecule has 2 aromatic carbocycles. The fourth-order valence-electron chi connectivity index (χ4n) is 1.85. The minimum absolute atomic E-state index is 0.0753. The van der Waals surface area contributed by atoms with E-state index < -0.39 is 5.82 Å². The molecule has 0 saturated carbocycles. The van der Waals surface area contributed by atoms with Gasteiger partial charge >= 0.3 is 0 Å². The summed E-state index contributed by atoms with van der Waals surface area (Å²) in [5.41, 5.74) is 1.56. The van der Waals surface area contributed by atoms with Crippen molar-refractivity contribution in [3.05, 3.63) is 53.8 Å². The molecule has 2 N–H and O–H groups in total. The predicted molar refractivity (Wildman–Crippen MR) is 79.2 cm³/mol. The summed E-state index contributed by atoms with van der Waals surface area (Å²) in [5.74, 6) is 0.239. The second kappa shape index (κ2) is 7.50. The molecule has 2 rings (SSSR count). The van der Waals surface area contributed by atoms with Crippen LogP contribution in [0.1, 0.15) is 5.56 Å². The van der Waals surface area contributed by atoms with Crippen LogP contribution in [0, 0.1) is 5.82 Å². The van der Waals surface area contributed by atoms with E-state index in [0.717, 1.165) is 17.5 Å². The van der Waals surface area contributed by atoms with Gasteiger partial charge in [-0.1, -0.05) is 0 Å². The van der Waals surface area contributed by atoms with Gasteiger partial charge in [-0.25, -0.2) is 4.39 Å². The summed E-state index contributed by atoms with van der Waals surface area (Å²) in [4.78, 5) is 0. The van der Waals surface area contributed by atoms with Gasteiger partial charge in [-0.15, -0.1) is 0 Å². The van der Waals surface area contributed by atoms with Crippen molar-refractivity contribution in [3.8, 4) is 11.5 Å². The molecule has 0 spiro atoms. The van der Waals surface area contributed by atoms with Crippen molar-refractivity contribution < 1.29 is 19.0 Å². The number of aromatic hydroxyl groups is 1. The van der Waals surface area contributed by atoms with E-state index in [2.05, 4.69) is 5.32 Å². The van der Waals surface area contributed by atoms with Gasteiger partial charge in [0.25, 0.3) is 0 Å². The third-order valence-corrected chi connectivity index (χ3v) is 2.85. The fourth-order valence-corrected chi connectivity index (χ4v) is 1.85. The lowest BCUT2D eigenvalue weighted by Gasteiger charge is -2.09. The Bertz CT molecular complexity index is 552. The standard InChI is InChI=1S/C16H18FNO3/c1-20-6-7-21-16-4-2-14(3-5-16)18-11-12-8-13(17)10-15(19)9-12/h2-5,8-10,18-19H,6-7,11H2,1H3. The van der Waals surface area contributed by atoms with Crippen LogP contribution >= 0.6 is 0 Å². The van der Waals surface area contributed by atoms with Crippen molar-refractivity contribution in [1.29, 1.82) is 0 Å².